The van der Waals surface area contributed by atoms with Crippen LogP contribution in [0.5, 0.6) is 0 Å². The van der Waals surface area contributed by atoms with Crippen molar-refractivity contribution in [2.24, 2.45) is 0 Å². The highest BCUT2D eigenvalue weighted by Gasteiger charge is 2.53. The van der Waals surface area contributed by atoms with Gasteiger partial charge in [-0.25, -0.2) is 17.2 Å². The summed E-state index contributed by atoms with van der Waals surface area (Å²) in [6.07, 6.45) is -1.05. The Morgan fingerprint density at radius 1 is 1.16 bits per heavy atom. The molecule has 170 valence electrons. The van der Waals surface area contributed by atoms with Crippen molar-refractivity contribution < 1.29 is 31.9 Å². The van der Waals surface area contributed by atoms with E-state index in [4.69, 9.17) is 0 Å². The molecule has 2 aromatic rings. The van der Waals surface area contributed by atoms with Gasteiger partial charge in [-0.1, -0.05) is 30.3 Å². The van der Waals surface area contributed by atoms with Crippen molar-refractivity contribution >= 4 is 21.6 Å². The van der Waals surface area contributed by atoms with Crippen molar-refractivity contribution in [2.45, 2.75) is 48.1 Å². The number of carbonyl (C=O) groups excluding carboxylic acids is 1. The third kappa shape index (κ3) is 3.63. The van der Waals surface area contributed by atoms with E-state index >= 15 is 0 Å². The summed E-state index contributed by atoms with van der Waals surface area (Å²) in [7, 11) is -3.74. The number of sulfone groups is 1. The van der Waals surface area contributed by atoms with Gasteiger partial charge < -0.3 is 10.4 Å². The van der Waals surface area contributed by atoms with Crippen LogP contribution < -0.4 is 5.32 Å². The summed E-state index contributed by atoms with van der Waals surface area (Å²) < 4.78 is 56.6. The molecule has 1 aliphatic heterocycles. The van der Waals surface area contributed by atoms with Crippen LogP contribution in [0.25, 0.3) is 0 Å². The van der Waals surface area contributed by atoms with Crippen LogP contribution in [0.3, 0.4) is 0 Å². The molecule has 0 bridgehead atoms. The lowest BCUT2D eigenvalue weighted by Gasteiger charge is -2.37. The van der Waals surface area contributed by atoms with E-state index in [1.54, 1.807) is 37.3 Å². The Morgan fingerprint density at radius 3 is 2.41 bits per heavy atom. The number of halogens is 2. The maximum Gasteiger partial charge on any atom is 0.315 e. The van der Waals surface area contributed by atoms with Crippen molar-refractivity contribution in [3.05, 3.63) is 70.8 Å². The molecular weight excluding hydrogens is 440 g/mol. The lowest BCUT2D eigenvalue weighted by Crippen LogP contribution is -2.53. The van der Waals surface area contributed by atoms with Gasteiger partial charge in [-0.2, -0.15) is 0 Å². The molecule has 1 saturated heterocycles. The van der Waals surface area contributed by atoms with E-state index in [2.05, 4.69) is 5.32 Å². The van der Waals surface area contributed by atoms with Gasteiger partial charge in [0.1, 0.15) is 22.8 Å². The van der Waals surface area contributed by atoms with Crippen molar-refractivity contribution in [3.63, 3.8) is 0 Å². The third-order valence-electron chi connectivity index (χ3n) is 6.65. The fourth-order valence-electron chi connectivity index (χ4n) is 4.71. The molecular formula is C23H23F2NO5S. The number of benzene rings is 2. The van der Waals surface area contributed by atoms with E-state index in [0.717, 1.165) is 12.1 Å². The predicted molar refractivity (Wildman–Crippen MR) is 113 cm³/mol. The number of nitrogens with one attached hydrogen (secondary N) is 1. The van der Waals surface area contributed by atoms with Crippen LogP contribution in [0.1, 0.15) is 41.7 Å². The zero-order valence-electron chi connectivity index (χ0n) is 17.3. The van der Waals surface area contributed by atoms with E-state index in [9.17, 15) is 31.9 Å². The van der Waals surface area contributed by atoms with Crippen LogP contribution in [0.2, 0.25) is 0 Å². The van der Waals surface area contributed by atoms with Gasteiger partial charge in [0.2, 0.25) is 0 Å². The minimum atomic E-state index is -3.74. The summed E-state index contributed by atoms with van der Waals surface area (Å²) in [4.78, 5) is 23.1. The molecule has 2 fully saturated rings. The molecule has 1 aliphatic carbocycles. The molecule has 3 atom stereocenters. The van der Waals surface area contributed by atoms with Crippen LogP contribution >= 0.6 is 0 Å². The zero-order valence-corrected chi connectivity index (χ0v) is 18.2. The van der Waals surface area contributed by atoms with Crippen molar-refractivity contribution in [2.75, 3.05) is 6.54 Å². The van der Waals surface area contributed by atoms with Crippen LogP contribution in [0, 0.1) is 11.6 Å². The summed E-state index contributed by atoms with van der Waals surface area (Å²) >= 11 is 0. The van der Waals surface area contributed by atoms with Crippen LogP contribution in [-0.2, 0) is 31.3 Å². The van der Waals surface area contributed by atoms with Gasteiger partial charge in [-0.05, 0) is 36.6 Å². The fraction of sp³-hybridized carbons (Fsp3) is 0.391. The lowest BCUT2D eigenvalue weighted by molar-refractivity contribution is -0.153. The molecule has 0 radical (unpaired) electrons. The first-order valence-electron chi connectivity index (χ1n) is 10.3. The zero-order chi connectivity index (χ0) is 23.3. The maximum atomic E-state index is 15.0. The molecule has 0 amide bonds. The number of aliphatic carboxylic acids is 1. The first-order valence-corrected chi connectivity index (χ1v) is 11.9. The van der Waals surface area contributed by atoms with Gasteiger partial charge in [0, 0.05) is 31.0 Å². The van der Waals surface area contributed by atoms with Crippen LogP contribution in [0.15, 0.2) is 42.5 Å². The van der Waals surface area contributed by atoms with E-state index < -0.39 is 62.2 Å². The minimum absolute atomic E-state index is 0.145. The number of carbonyl (C=O) groups is 2. The van der Waals surface area contributed by atoms with Gasteiger partial charge in [0.15, 0.2) is 9.84 Å². The summed E-state index contributed by atoms with van der Waals surface area (Å²) in [5.41, 5.74) is -1.68. The number of carboxylic acid groups (broad SMARTS) is 1. The molecule has 9 heteroatoms. The average Bonchev–Trinajstić information content (AvgIpc) is 2.71. The largest absolute Gasteiger partial charge is 0.481 e. The maximum absolute atomic E-state index is 15.0. The molecule has 2 N–H and O–H groups in total. The second-order valence-corrected chi connectivity index (χ2v) is 11.0. The lowest BCUT2D eigenvalue weighted by atomic mass is 9.63. The molecule has 32 heavy (non-hydrogen) atoms. The monoisotopic (exact) mass is 463 g/mol. The molecule has 0 spiro atoms. The van der Waals surface area contributed by atoms with Crippen molar-refractivity contribution in [1.82, 2.24) is 5.32 Å². The fourth-order valence-corrected chi connectivity index (χ4v) is 7.07. The van der Waals surface area contributed by atoms with Gasteiger partial charge in [0.05, 0.1) is 10.5 Å². The quantitative estimate of drug-likeness (QED) is 0.707. The smallest absolute Gasteiger partial charge is 0.315 e. The molecule has 0 aromatic heterocycles. The van der Waals surface area contributed by atoms with E-state index in [1.165, 1.54) is 0 Å². The van der Waals surface area contributed by atoms with Crippen molar-refractivity contribution in [3.8, 4) is 0 Å². The SMILES string of the molecule is C[C@@H]1NC[C@@H](c2ccccc2)S(=O)(=O)C1Cc1cc(F)c(C2(C(=O)O)CC(=O)C2)cc1F. The Bertz CT molecular complexity index is 1170. The number of ketones is 1. The molecule has 1 heterocycles. The highest BCUT2D eigenvalue weighted by atomic mass is 32.2. The third-order valence-corrected chi connectivity index (χ3v) is 9.30. The van der Waals surface area contributed by atoms with Gasteiger partial charge in [-0.3, -0.25) is 9.59 Å². The number of carboxylic acids is 1. The Morgan fingerprint density at radius 2 is 1.81 bits per heavy atom. The van der Waals surface area contributed by atoms with Crippen molar-refractivity contribution in [1.29, 1.82) is 0 Å². The Hall–Kier alpha value is -2.65. The summed E-state index contributed by atoms with van der Waals surface area (Å²) in [5.74, 6) is -3.56. The summed E-state index contributed by atoms with van der Waals surface area (Å²) in [6.45, 7) is 1.90. The highest BCUT2D eigenvalue weighted by Crippen LogP contribution is 2.43. The Balaban J connectivity index is 1.67. The Labute approximate surface area is 184 Å². The molecule has 2 aromatic carbocycles. The summed E-state index contributed by atoms with van der Waals surface area (Å²) in [6, 6.07) is 9.89. The van der Waals surface area contributed by atoms with Crippen LogP contribution in [-0.4, -0.2) is 43.1 Å². The Kier molecular flexibility index (Phi) is 5.67. The number of rotatable bonds is 5. The van der Waals surface area contributed by atoms with Gasteiger partial charge in [0.25, 0.3) is 0 Å². The average molecular weight is 464 g/mol. The molecule has 1 saturated carbocycles. The van der Waals surface area contributed by atoms with E-state index in [0.29, 0.717) is 5.56 Å². The van der Waals surface area contributed by atoms with Crippen LogP contribution in [0.4, 0.5) is 8.78 Å². The first-order chi connectivity index (χ1) is 15.1. The molecule has 2 aliphatic rings. The normalized spacial score (nSPS) is 26.3. The summed E-state index contributed by atoms with van der Waals surface area (Å²) in [5, 5.41) is 10.9. The van der Waals surface area contributed by atoms with Gasteiger partial charge >= 0.3 is 5.97 Å². The predicted octanol–water partition coefficient (Wildman–Crippen LogP) is 2.71. The first kappa shape index (κ1) is 22.5. The molecule has 1 unspecified atom stereocenters. The topological polar surface area (TPSA) is 101 Å². The molecule has 4 rings (SSSR count). The second-order valence-electron chi connectivity index (χ2n) is 8.63. The van der Waals surface area contributed by atoms with E-state index in [1.807, 2.05) is 0 Å². The second kappa shape index (κ2) is 8.04. The highest BCUT2D eigenvalue weighted by molar-refractivity contribution is 7.92. The number of Topliss-reactive ketones (excluding diaryl/α,β-unsaturated/α-hetero) is 1. The molecule has 6 nitrogen and oxygen atoms in total. The van der Waals surface area contributed by atoms with Gasteiger partial charge in [-0.15, -0.1) is 0 Å². The van der Waals surface area contributed by atoms with E-state index in [-0.39, 0.29) is 29.9 Å². The minimum Gasteiger partial charge on any atom is -0.481 e. The number of hydrogen-bond donors (Lipinski definition) is 2. The standard InChI is InChI=1S/C23H23F2NO5S/c1-13-20(32(30,31)21(12-26-13)14-5-3-2-4-6-14)8-15-7-19(25)17(9-18(15)24)23(22(28)29)10-16(27)11-23/h2-7,9,13,20-21,26H,8,10-12H2,1H3,(H,28,29)/t13-,20?,21-/m0/s1. The number of hydrogen-bond acceptors (Lipinski definition) is 5.